The van der Waals surface area contributed by atoms with Crippen molar-refractivity contribution in [1.29, 1.82) is 0 Å². The molecule has 15 heteroatoms. The molecule has 3 aromatic carbocycles. The number of quaternary nitrogens is 1. The molecule has 0 aliphatic rings. The molecule has 1 heterocycles. The molecular formula is C37H45ClF3N4O5S2+. The van der Waals surface area contributed by atoms with Crippen LogP contribution in [0.15, 0.2) is 70.8 Å². The second kappa shape index (κ2) is 16.2. The van der Waals surface area contributed by atoms with Crippen molar-refractivity contribution in [2.24, 2.45) is 5.92 Å². The highest BCUT2D eigenvalue weighted by Crippen LogP contribution is 2.39. The van der Waals surface area contributed by atoms with E-state index in [0.29, 0.717) is 44.8 Å². The topological polar surface area (TPSA) is 102 Å². The third-order valence-corrected chi connectivity index (χ3v) is 11.9. The Bertz CT molecular complexity index is 1990. The predicted molar refractivity (Wildman–Crippen MR) is 197 cm³/mol. The van der Waals surface area contributed by atoms with Gasteiger partial charge in [0.1, 0.15) is 29.2 Å². The number of ether oxygens (including phenoxy) is 1. The summed E-state index contributed by atoms with van der Waals surface area (Å²) in [5.74, 6) is -4.45. The van der Waals surface area contributed by atoms with E-state index >= 15 is 8.78 Å². The first-order chi connectivity index (χ1) is 24.2. The second-order valence-corrected chi connectivity index (χ2v) is 17.6. The van der Waals surface area contributed by atoms with Crippen molar-refractivity contribution in [3.8, 4) is 11.4 Å². The minimum Gasteiger partial charge on any atom is -0.495 e. The Hall–Kier alpha value is -3.56. The van der Waals surface area contributed by atoms with Gasteiger partial charge in [-0.3, -0.25) is 9.36 Å². The van der Waals surface area contributed by atoms with Gasteiger partial charge in [0.2, 0.25) is 10.0 Å². The number of carboxylic acid groups (broad SMARTS) is 1. The monoisotopic (exact) mass is 781 g/mol. The minimum absolute atomic E-state index is 0.151. The summed E-state index contributed by atoms with van der Waals surface area (Å²) in [7, 11) is 2.63. The molecule has 0 aliphatic carbocycles. The maximum absolute atomic E-state index is 15.8. The van der Waals surface area contributed by atoms with Crippen molar-refractivity contribution >= 4 is 39.4 Å². The number of thioether (sulfide) groups is 1. The van der Waals surface area contributed by atoms with Gasteiger partial charge in [-0.25, -0.2) is 26.6 Å². The summed E-state index contributed by atoms with van der Waals surface area (Å²) in [6.07, 6.45) is 1.96. The highest BCUT2D eigenvalue weighted by atomic mass is 35.5. The first-order valence-corrected chi connectivity index (χ1v) is 19.3. The van der Waals surface area contributed by atoms with Gasteiger partial charge in [-0.1, -0.05) is 57.1 Å². The molecule has 0 bridgehead atoms. The third kappa shape index (κ3) is 9.14. The van der Waals surface area contributed by atoms with Gasteiger partial charge < -0.3 is 14.3 Å². The average molecular weight is 782 g/mol. The number of aromatic nitrogens is 2. The van der Waals surface area contributed by atoms with E-state index in [2.05, 4.69) is 4.98 Å². The van der Waals surface area contributed by atoms with E-state index in [1.54, 1.807) is 42.8 Å². The molecule has 0 spiro atoms. The Morgan fingerprint density at radius 1 is 1.06 bits per heavy atom. The Morgan fingerprint density at radius 3 is 2.21 bits per heavy atom. The normalized spacial score (nSPS) is 13.2. The lowest BCUT2D eigenvalue weighted by Gasteiger charge is -2.32. The number of hydrogen-bond acceptors (Lipinski definition) is 6. The number of imidazole rings is 1. The first-order valence-electron chi connectivity index (χ1n) is 16.5. The number of methoxy groups -OCH3 is 1. The molecule has 1 N–H and O–H groups in total. The Balaban J connectivity index is 1.72. The summed E-state index contributed by atoms with van der Waals surface area (Å²) in [5.41, 5.74) is 0.951. The van der Waals surface area contributed by atoms with Gasteiger partial charge in [-0.15, -0.1) is 0 Å². The third-order valence-electron chi connectivity index (χ3n) is 8.80. The van der Waals surface area contributed by atoms with E-state index in [9.17, 15) is 22.7 Å². The van der Waals surface area contributed by atoms with E-state index in [1.165, 1.54) is 19.2 Å². The zero-order valence-electron chi connectivity index (χ0n) is 30.5. The number of sulfonamides is 1. The molecule has 1 aromatic heterocycles. The fourth-order valence-electron chi connectivity index (χ4n) is 5.90. The molecule has 4 rings (SSSR count). The van der Waals surface area contributed by atoms with Crippen molar-refractivity contribution in [2.45, 2.75) is 61.4 Å². The van der Waals surface area contributed by atoms with Gasteiger partial charge in [-0.05, 0) is 60.0 Å². The lowest BCUT2D eigenvalue weighted by Crippen LogP contribution is -2.49. The molecule has 9 nitrogen and oxygen atoms in total. The van der Waals surface area contributed by atoms with Crippen molar-refractivity contribution in [1.82, 2.24) is 13.9 Å². The quantitative estimate of drug-likeness (QED) is 0.0916. The summed E-state index contributed by atoms with van der Waals surface area (Å²) in [5, 5.41) is 10.8. The number of carboxylic acids is 1. The van der Waals surface area contributed by atoms with Crippen LogP contribution in [0, 0.1) is 23.4 Å². The van der Waals surface area contributed by atoms with Crippen LogP contribution < -0.4 is 4.74 Å². The highest BCUT2D eigenvalue weighted by molar-refractivity contribution is 7.98. The summed E-state index contributed by atoms with van der Waals surface area (Å²) in [6, 6.07) is 11.1. The smallest absolute Gasteiger partial charge is 0.322 e. The number of halogens is 4. The second-order valence-electron chi connectivity index (χ2n) is 14.4. The molecule has 0 unspecified atom stereocenters. The summed E-state index contributed by atoms with van der Waals surface area (Å²) < 4.78 is 81.9. The van der Waals surface area contributed by atoms with Crippen LogP contribution in [0.4, 0.5) is 13.2 Å². The standard InChI is InChI=1S/C37H44ClF3N4O5S2/c1-23(2)34(35(46)47)43(16-9-17-45(5,6)7)52(48,49)27-19-30(40)28(31(41)20-27)22-51-36-42-21-33(44(36)26-13-11-25(39)12-14-26)37(3,4)24-10-15-29(38)32(18-24)50-8/h10-15,18-21,23,34H,9,16-17,22H2,1-8H3/p+1/t34-/m1/s1. The zero-order chi connectivity index (χ0) is 38.8. The molecule has 0 radical (unpaired) electrons. The summed E-state index contributed by atoms with van der Waals surface area (Å²) in [4.78, 5) is 16.2. The fraction of sp³-hybridized carbons (Fsp3) is 0.405. The van der Waals surface area contributed by atoms with E-state index in [0.717, 1.165) is 33.8 Å². The van der Waals surface area contributed by atoms with Crippen molar-refractivity contribution in [3.63, 3.8) is 0 Å². The van der Waals surface area contributed by atoms with Crippen LogP contribution in [-0.4, -0.2) is 85.2 Å². The molecule has 1 atom stereocenters. The van der Waals surface area contributed by atoms with Crippen molar-refractivity contribution in [2.75, 3.05) is 41.3 Å². The SMILES string of the molecule is COc1cc(C(C)(C)c2cnc(SCc3c(F)cc(S(=O)(=O)N(CCC[N+](C)(C)C)[C@@H](C(=O)O)C(C)C)cc3F)n2-c2ccc(F)cc2)ccc1Cl. The van der Waals surface area contributed by atoms with Crippen LogP contribution in [0.1, 0.15) is 50.9 Å². The number of aliphatic carboxylic acids is 1. The molecule has 0 aliphatic heterocycles. The number of rotatable bonds is 16. The van der Waals surface area contributed by atoms with E-state index in [-0.39, 0.29) is 12.3 Å². The summed E-state index contributed by atoms with van der Waals surface area (Å²) in [6.45, 7) is 7.46. The van der Waals surface area contributed by atoms with Crippen molar-refractivity contribution in [3.05, 3.63) is 100 Å². The first kappa shape index (κ1) is 41.2. The van der Waals surface area contributed by atoms with Crippen LogP contribution in [0.25, 0.3) is 5.69 Å². The van der Waals surface area contributed by atoms with E-state index < -0.39 is 61.3 Å². The van der Waals surface area contributed by atoms with E-state index in [1.807, 2.05) is 47.1 Å². The van der Waals surface area contributed by atoms with Crippen LogP contribution in [0.2, 0.25) is 5.02 Å². The zero-order valence-corrected chi connectivity index (χ0v) is 32.8. The predicted octanol–water partition coefficient (Wildman–Crippen LogP) is 7.77. The molecule has 282 valence electrons. The maximum atomic E-state index is 15.8. The van der Waals surface area contributed by atoms with Gasteiger partial charge in [0.25, 0.3) is 0 Å². The van der Waals surface area contributed by atoms with Crippen LogP contribution in [-0.2, 0) is 26.0 Å². The highest BCUT2D eigenvalue weighted by Gasteiger charge is 2.39. The van der Waals surface area contributed by atoms with Gasteiger partial charge in [-0.2, -0.15) is 4.31 Å². The molecular weight excluding hydrogens is 737 g/mol. The Kier molecular flexibility index (Phi) is 12.8. The van der Waals surface area contributed by atoms with E-state index in [4.69, 9.17) is 16.3 Å². The largest absolute Gasteiger partial charge is 0.495 e. The molecule has 52 heavy (non-hydrogen) atoms. The Labute approximate surface area is 313 Å². The number of benzene rings is 3. The lowest BCUT2D eigenvalue weighted by atomic mass is 9.81. The molecule has 0 amide bonds. The number of nitrogens with zero attached hydrogens (tertiary/aromatic N) is 4. The molecule has 0 saturated heterocycles. The summed E-state index contributed by atoms with van der Waals surface area (Å²) >= 11 is 7.29. The average Bonchev–Trinajstić information content (AvgIpc) is 3.48. The molecule has 0 saturated carbocycles. The van der Waals surface area contributed by atoms with Crippen LogP contribution in [0.5, 0.6) is 5.75 Å². The Morgan fingerprint density at radius 2 is 1.67 bits per heavy atom. The molecule has 0 fully saturated rings. The minimum atomic E-state index is -4.64. The van der Waals surface area contributed by atoms with Gasteiger partial charge in [0.15, 0.2) is 5.16 Å². The molecule has 4 aromatic rings. The lowest BCUT2D eigenvalue weighted by molar-refractivity contribution is -0.870. The number of hydrogen-bond donors (Lipinski definition) is 1. The van der Waals surface area contributed by atoms with Gasteiger partial charge >= 0.3 is 5.97 Å². The fourth-order valence-corrected chi connectivity index (χ4v) is 8.88. The van der Waals surface area contributed by atoms with Gasteiger partial charge in [0.05, 0.1) is 56.6 Å². The number of carbonyl (C=O) groups is 1. The maximum Gasteiger partial charge on any atom is 0.322 e. The van der Waals surface area contributed by atoms with Gasteiger partial charge in [0, 0.05) is 35.4 Å². The van der Waals surface area contributed by atoms with Crippen LogP contribution >= 0.6 is 23.4 Å². The van der Waals surface area contributed by atoms with Crippen LogP contribution in [0.3, 0.4) is 0 Å². The van der Waals surface area contributed by atoms with Crippen molar-refractivity contribution < 1.29 is 40.7 Å².